The third-order valence-electron chi connectivity index (χ3n) is 2.99. The van der Waals surface area contributed by atoms with E-state index in [-0.39, 0.29) is 5.91 Å². The van der Waals surface area contributed by atoms with Crippen LogP contribution >= 0.6 is 22.9 Å². The minimum absolute atomic E-state index is 0.274. The van der Waals surface area contributed by atoms with Crippen LogP contribution in [-0.2, 0) is 0 Å². The number of carbonyl (C=O) groups excluding carboxylic acids is 1. The molecule has 0 aliphatic rings. The fourth-order valence-corrected chi connectivity index (χ4v) is 3.45. The number of thiazole rings is 1. The molecule has 0 unspecified atom stereocenters. The first-order valence-corrected chi connectivity index (χ1v) is 7.85. The number of nitrogens with zero attached hydrogens (tertiary/aromatic N) is 3. The molecule has 0 fully saturated rings. The zero-order chi connectivity index (χ0) is 15.7. The normalized spacial score (nSPS) is 10.7. The number of nitrogens with one attached hydrogen (secondary N) is 1. The molecule has 3 aromatic rings. The van der Waals surface area contributed by atoms with Crippen LogP contribution in [0.1, 0.15) is 15.4 Å². The van der Waals surface area contributed by atoms with Gasteiger partial charge in [0.25, 0.3) is 5.91 Å². The Kier molecular flexibility index (Phi) is 3.90. The van der Waals surface area contributed by atoms with Gasteiger partial charge in [0.15, 0.2) is 5.13 Å². The summed E-state index contributed by atoms with van der Waals surface area (Å²) in [6.07, 6.45) is 0. The van der Waals surface area contributed by atoms with Crippen LogP contribution in [0.5, 0.6) is 11.5 Å². The number of hydrogen-bond donors (Lipinski definition) is 1. The van der Waals surface area contributed by atoms with E-state index in [0.717, 1.165) is 16.2 Å². The summed E-state index contributed by atoms with van der Waals surface area (Å²) in [5.41, 5.74) is 1.25. The Morgan fingerprint density at radius 3 is 2.59 bits per heavy atom. The fourth-order valence-electron chi connectivity index (χ4n) is 1.93. The number of rotatable bonds is 4. The molecule has 1 amide bonds. The standard InChI is InChI=1S/C13H12N4O3S2/c1-6-10(22-17-16-6)12(18)15-13-14-9-7(19-2)4-5-8(20-3)11(9)21-13/h4-5H,1-3H3,(H,14,15,18). The number of carbonyl (C=O) groups is 1. The molecule has 0 atom stereocenters. The van der Waals surface area contributed by atoms with Gasteiger partial charge in [0, 0.05) is 0 Å². The molecule has 7 nitrogen and oxygen atoms in total. The maximum atomic E-state index is 12.2. The molecule has 1 N–H and O–H groups in total. The summed E-state index contributed by atoms with van der Waals surface area (Å²) in [5, 5.41) is 7.06. The predicted octanol–water partition coefficient (Wildman–Crippen LogP) is 2.73. The number of hydrogen-bond acceptors (Lipinski definition) is 8. The first-order valence-electron chi connectivity index (χ1n) is 6.26. The molecule has 0 bridgehead atoms. The number of aromatic nitrogens is 3. The molecule has 3 rings (SSSR count). The molecule has 1 aromatic carbocycles. The minimum Gasteiger partial charge on any atom is -0.495 e. The molecule has 0 spiro atoms. The number of aryl methyl sites for hydroxylation is 1. The van der Waals surface area contributed by atoms with E-state index in [1.807, 2.05) is 6.07 Å². The van der Waals surface area contributed by atoms with Gasteiger partial charge in [0.05, 0.1) is 19.9 Å². The fraction of sp³-hybridized carbons (Fsp3) is 0.231. The monoisotopic (exact) mass is 336 g/mol. The van der Waals surface area contributed by atoms with E-state index in [0.29, 0.717) is 32.7 Å². The van der Waals surface area contributed by atoms with Crippen LogP contribution in [0, 0.1) is 6.92 Å². The summed E-state index contributed by atoms with van der Waals surface area (Å²) in [6.45, 7) is 1.74. The molecule has 22 heavy (non-hydrogen) atoms. The lowest BCUT2D eigenvalue weighted by Crippen LogP contribution is -2.11. The summed E-state index contributed by atoms with van der Waals surface area (Å²) >= 11 is 2.38. The van der Waals surface area contributed by atoms with E-state index in [9.17, 15) is 4.79 Å². The van der Waals surface area contributed by atoms with Gasteiger partial charge in [-0.15, -0.1) is 5.10 Å². The quantitative estimate of drug-likeness (QED) is 0.788. The number of amides is 1. The summed E-state index contributed by atoms with van der Waals surface area (Å²) < 4.78 is 15.2. The number of ether oxygens (including phenoxy) is 2. The van der Waals surface area contributed by atoms with E-state index < -0.39 is 0 Å². The van der Waals surface area contributed by atoms with Crippen LogP contribution in [-0.4, -0.2) is 34.7 Å². The van der Waals surface area contributed by atoms with Gasteiger partial charge in [0.2, 0.25) is 0 Å². The molecule has 0 aliphatic carbocycles. The van der Waals surface area contributed by atoms with Gasteiger partial charge in [-0.2, -0.15) is 0 Å². The Morgan fingerprint density at radius 1 is 1.23 bits per heavy atom. The van der Waals surface area contributed by atoms with Crippen LogP contribution < -0.4 is 14.8 Å². The average molecular weight is 336 g/mol. The van der Waals surface area contributed by atoms with E-state index in [1.165, 1.54) is 11.3 Å². The Hall–Kier alpha value is -2.26. The number of fused-ring (bicyclic) bond motifs is 1. The SMILES string of the molecule is COc1ccc(OC)c2sc(NC(=O)c3snnc3C)nc12. The van der Waals surface area contributed by atoms with Gasteiger partial charge in [-0.05, 0) is 30.6 Å². The second-order valence-corrected chi connectivity index (χ2v) is 6.06. The number of methoxy groups -OCH3 is 2. The van der Waals surface area contributed by atoms with Crippen molar-refractivity contribution in [2.24, 2.45) is 0 Å². The van der Waals surface area contributed by atoms with Crippen molar-refractivity contribution in [3.8, 4) is 11.5 Å². The molecule has 0 aliphatic heterocycles. The van der Waals surface area contributed by atoms with Crippen molar-refractivity contribution in [3.63, 3.8) is 0 Å². The maximum absolute atomic E-state index is 12.2. The van der Waals surface area contributed by atoms with Crippen molar-refractivity contribution < 1.29 is 14.3 Å². The molecule has 0 radical (unpaired) electrons. The van der Waals surface area contributed by atoms with Crippen LogP contribution in [0.3, 0.4) is 0 Å². The zero-order valence-corrected chi connectivity index (χ0v) is 13.7. The van der Waals surface area contributed by atoms with Crippen molar-refractivity contribution in [2.45, 2.75) is 6.92 Å². The van der Waals surface area contributed by atoms with Gasteiger partial charge >= 0.3 is 0 Å². The second kappa shape index (κ2) is 5.85. The van der Waals surface area contributed by atoms with Gasteiger partial charge in [-0.25, -0.2) is 4.98 Å². The lowest BCUT2D eigenvalue weighted by atomic mass is 10.3. The lowest BCUT2D eigenvalue weighted by molar-refractivity contribution is 0.103. The smallest absolute Gasteiger partial charge is 0.271 e. The largest absolute Gasteiger partial charge is 0.495 e. The first kappa shape index (κ1) is 14.7. The Labute approximate surface area is 134 Å². The zero-order valence-electron chi connectivity index (χ0n) is 12.0. The number of benzene rings is 1. The van der Waals surface area contributed by atoms with Gasteiger partial charge in [-0.3, -0.25) is 10.1 Å². The Balaban J connectivity index is 1.98. The first-order chi connectivity index (χ1) is 10.6. The highest BCUT2D eigenvalue weighted by Crippen LogP contribution is 2.38. The summed E-state index contributed by atoms with van der Waals surface area (Å²) in [7, 11) is 3.16. The van der Waals surface area contributed by atoms with Crippen molar-refractivity contribution in [3.05, 3.63) is 22.7 Å². The highest BCUT2D eigenvalue weighted by molar-refractivity contribution is 7.22. The third-order valence-corrected chi connectivity index (χ3v) is 4.80. The van der Waals surface area contributed by atoms with E-state index in [2.05, 4.69) is 19.9 Å². The molecular formula is C13H12N4O3S2. The van der Waals surface area contributed by atoms with E-state index in [4.69, 9.17) is 9.47 Å². The topological polar surface area (TPSA) is 86.2 Å². The number of anilines is 1. The molecule has 0 saturated carbocycles. The van der Waals surface area contributed by atoms with Crippen LogP contribution in [0.4, 0.5) is 5.13 Å². The van der Waals surface area contributed by atoms with Gasteiger partial charge < -0.3 is 9.47 Å². The molecule has 2 heterocycles. The Morgan fingerprint density at radius 2 is 1.95 bits per heavy atom. The lowest BCUT2D eigenvalue weighted by Gasteiger charge is -2.03. The minimum atomic E-state index is -0.274. The van der Waals surface area contributed by atoms with Crippen LogP contribution in [0.25, 0.3) is 10.2 Å². The molecule has 2 aromatic heterocycles. The van der Waals surface area contributed by atoms with Crippen LogP contribution in [0.15, 0.2) is 12.1 Å². The van der Waals surface area contributed by atoms with Crippen molar-refractivity contribution in [1.82, 2.24) is 14.6 Å². The average Bonchev–Trinajstić information content (AvgIpc) is 3.12. The van der Waals surface area contributed by atoms with Gasteiger partial charge in [-0.1, -0.05) is 15.8 Å². The van der Waals surface area contributed by atoms with Crippen molar-refractivity contribution in [2.75, 3.05) is 19.5 Å². The summed E-state index contributed by atoms with van der Waals surface area (Å²) in [6, 6.07) is 3.59. The predicted molar refractivity (Wildman–Crippen MR) is 85.3 cm³/mol. The molecular weight excluding hydrogens is 324 g/mol. The van der Waals surface area contributed by atoms with Crippen molar-refractivity contribution in [1.29, 1.82) is 0 Å². The molecule has 0 saturated heterocycles. The second-order valence-electron chi connectivity index (χ2n) is 4.31. The summed E-state index contributed by atoms with van der Waals surface area (Å²) in [4.78, 5) is 17.1. The van der Waals surface area contributed by atoms with E-state index >= 15 is 0 Å². The van der Waals surface area contributed by atoms with E-state index in [1.54, 1.807) is 27.2 Å². The van der Waals surface area contributed by atoms with Crippen LogP contribution in [0.2, 0.25) is 0 Å². The highest BCUT2D eigenvalue weighted by atomic mass is 32.1. The third kappa shape index (κ3) is 2.48. The highest BCUT2D eigenvalue weighted by Gasteiger charge is 2.18. The summed E-state index contributed by atoms with van der Waals surface area (Å²) in [5.74, 6) is 1.04. The molecule has 9 heteroatoms. The van der Waals surface area contributed by atoms with Crippen molar-refractivity contribution >= 4 is 44.1 Å². The van der Waals surface area contributed by atoms with Gasteiger partial charge in [0.1, 0.15) is 26.6 Å². The molecule has 114 valence electrons. The maximum Gasteiger partial charge on any atom is 0.271 e. The Bertz CT molecular complexity index is 802.